The highest BCUT2D eigenvalue weighted by Crippen LogP contribution is 2.28. The molecule has 0 aromatic carbocycles. The normalized spacial score (nSPS) is 26.1. The minimum atomic E-state index is -3.25. The minimum absolute atomic E-state index is 0.140. The van der Waals surface area contributed by atoms with Crippen molar-refractivity contribution in [2.24, 2.45) is 5.92 Å². The van der Waals surface area contributed by atoms with Crippen molar-refractivity contribution in [2.75, 3.05) is 27.2 Å². The summed E-state index contributed by atoms with van der Waals surface area (Å²) in [5, 5.41) is -0.429. The van der Waals surface area contributed by atoms with E-state index in [0.29, 0.717) is 13.0 Å². The number of sulfonamides is 1. The molecule has 1 atom stereocenters. The Labute approximate surface area is 116 Å². The Hall–Kier alpha value is -0.620. The number of hydrogen-bond acceptors (Lipinski definition) is 3. The third-order valence-corrected chi connectivity index (χ3v) is 6.57. The van der Waals surface area contributed by atoms with Crippen LogP contribution < -0.4 is 0 Å². The molecule has 1 saturated carbocycles. The van der Waals surface area contributed by atoms with Crippen LogP contribution >= 0.6 is 0 Å². The van der Waals surface area contributed by atoms with E-state index in [1.54, 1.807) is 19.0 Å². The number of rotatable bonds is 3. The van der Waals surface area contributed by atoms with E-state index in [9.17, 15) is 13.2 Å². The van der Waals surface area contributed by atoms with Gasteiger partial charge in [0.05, 0.1) is 5.25 Å². The van der Waals surface area contributed by atoms with Crippen LogP contribution in [0, 0.1) is 5.92 Å². The maximum Gasteiger partial charge on any atom is 0.225 e. The van der Waals surface area contributed by atoms with Crippen molar-refractivity contribution >= 4 is 15.9 Å². The van der Waals surface area contributed by atoms with Crippen LogP contribution in [0.2, 0.25) is 0 Å². The average Bonchev–Trinajstić information content (AvgIpc) is 2.91. The number of carbonyl (C=O) groups is 1. The van der Waals surface area contributed by atoms with E-state index in [0.717, 1.165) is 38.6 Å². The molecule has 1 saturated heterocycles. The van der Waals surface area contributed by atoms with Crippen molar-refractivity contribution in [1.29, 1.82) is 0 Å². The smallest absolute Gasteiger partial charge is 0.225 e. The number of nitrogens with zero attached hydrogens (tertiary/aromatic N) is 2. The third kappa shape index (κ3) is 3.11. The maximum absolute atomic E-state index is 12.4. The zero-order valence-electron chi connectivity index (χ0n) is 11.8. The van der Waals surface area contributed by atoms with Gasteiger partial charge in [0.1, 0.15) is 0 Å². The topological polar surface area (TPSA) is 57.7 Å². The largest absolute Gasteiger partial charge is 0.341 e. The van der Waals surface area contributed by atoms with Crippen LogP contribution in [-0.4, -0.2) is 56.0 Å². The first-order chi connectivity index (χ1) is 8.93. The van der Waals surface area contributed by atoms with Gasteiger partial charge in [-0.05, 0) is 25.7 Å². The van der Waals surface area contributed by atoms with Crippen molar-refractivity contribution in [2.45, 2.75) is 43.8 Å². The lowest BCUT2D eigenvalue weighted by Crippen LogP contribution is -2.49. The highest BCUT2D eigenvalue weighted by Gasteiger charge is 2.36. The number of likely N-dealkylation sites (tertiary alicyclic amines) is 1. The fourth-order valence-corrected chi connectivity index (χ4v) is 4.54. The Morgan fingerprint density at radius 2 is 1.74 bits per heavy atom. The molecule has 0 aromatic heterocycles. The summed E-state index contributed by atoms with van der Waals surface area (Å²) >= 11 is 0. The number of hydrogen-bond donors (Lipinski definition) is 0. The van der Waals surface area contributed by atoms with Gasteiger partial charge in [0.2, 0.25) is 15.9 Å². The summed E-state index contributed by atoms with van der Waals surface area (Å²) in [6.07, 6.45) is 5.65. The minimum Gasteiger partial charge on any atom is -0.341 e. The van der Waals surface area contributed by atoms with Gasteiger partial charge in [-0.3, -0.25) is 4.79 Å². The van der Waals surface area contributed by atoms with Crippen molar-refractivity contribution < 1.29 is 13.2 Å². The molecular weight excluding hydrogens is 264 g/mol. The van der Waals surface area contributed by atoms with Crippen molar-refractivity contribution in [3.63, 3.8) is 0 Å². The van der Waals surface area contributed by atoms with Crippen LogP contribution in [0.5, 0.6) is 0 Å². The molecule has 1 aliphatic carbocycles. The van der Waals surface area contributed by atoms with Gasteiger partial charge < -0.3 is 4.90 Å². The summed E-state index contributed by atoms with van der Waals surface area (Å²) in [5.41, 5.74) is 0. The van der Waals surface area contributed by atoms with Crippen LogP contribution in [0.4, 0.5) is 0 Å². The number of carbonyl (C=O) groups excluding carboxylic acids is 1. The van der Waals surface area contributed by atoms with Crippen LogP contribution in [0.15, 0.2) is 0 Å². The molecular formula is C13H24N2O3S. The van der Waals surface area contributed by atoms with Crippen LogP contribution in [0.25, 0.3) is 0 Å². The van der Waals surface area contributed by atoms with Gasteiger partial charge >= 0.3 is 0 Å². The molecule has 2 rings (SSSR count). The molecule has 0 radical (unpaired) electrons. The lowest BCUT2D eigenvalue weighted by molar-refractivity contribution is -0.136. The second kappa shape index (κ2) is 5.79. The lowest BCUT2D eigenvalue weighted by atomic mass is 10.0. The van der Waals surface area contributed by atoms with Gasteiger partial charge in [0, 0.05) is 33.1 Å². The fraction of sp³-hybridized carbons (Fsp3) is 0.923. The summed E-state index contributed by atoms with van der Waals surface area (Å²) in [6.45, 7) is 1.09. The first-order valence-electron chi connectivity index (χ1n) is 7.13. The molecule has 5 nitrogen and oxygen atoms in total. The van der Waals surface area contributed by atoms with Gasteiger partial charge in [-0.2, -0.15) is 0 Å². The molecule has 1 heterocycles. The highest BCUT2D eigenvalue weighted by atomic mass is 32.2. The zero-order chi connectivity index (χ0) is 14.0. The van der Waals surface area contributed by atoms with Gasteiger partial charge in [-0.25, -0.2) is 12.7 Å². The predicted molar refractivity (Wildman–Crippen MR) is 74.2 cm³/mol. The molecule has 110 valence electrons. The highest BCUT2D eigenvalue weighted by molar-refractivity contribution is 7.89. The van der Waals surface area contributed by atoms with Crippen LogP contribution in [0.3, 0.4) is 0 Å². The molecule has 1 amide bonds. The van der Waals surface area contributed by atoms with Gasteiger partial charge in [0.25, 0.3) is 0 Å². The number of amides is 1. The zero-order valence-corrected chi connectivity index (χ0v) is 12.7. The first-order valence-corrected chi connectivity index (χ1v) is 8.63. The molecule has 2 aliphatic rings. The quantitative estimate of drug-likeness (QED) is 0.780. The summed E-state index contributed by atoms with van der Waals surface area (Å²) in [4.78, 5) is 14.1. The van der Waals surface area contributed by atoms with Gasteiger partial charge in [-0.1, -0.05) is 12.8 Å². The van der Waals surface area contributed by atoms with Crippen molar-refractivity contribution in [3.8, 4) is 0 Å². The lowest BCUT2D eigenvalue weighted by Gasteiger charge is -2.35. The Morgan fingerprint density at radius 3 is 2.32 bits per heavy atom. The average molecular weight is 288 g/mol. The monoisotopic (exact) mass is 288 g/mol. The molecule has 0 bridgehead atoms. The Bertz CT molecular complexity index is 427. The molecule has 0 aromatic rings. The van der Waals surface area contributed by atoms with Crippen LogP contribution in [0.1, 0.15) is 38.5 Å². The summed E-state index contributed by atoms with van der Waals surface area (Å²) < 4.78 is 25.6. The molecule has 1 aliphatic heterocycles. The third-order valence-electron chi connectivity index (χ3n) is 4.32. The Balaban J connectivity index is 2.03. The standard InChI is InChI=1S/C13H24N2O3S/c1-14(2)19(17,18)12-8-5-9-15(10-12)13(16)11-6-3-4-7-11/h11-12H,3-10H2,1-2H3. The van der Waals surface area contributed by atoms with E-state index in [1.165, 1.54) is 4.31 Å². The molecule has 0 spiro atoms. The number of piperidine rings is 1. The molecule has 1 unspecified atom stereocenters. The van der Waals surface area contributed by atoms with E-state index >= 15 is 0 Å². The second-order valence-electron chi connectivity index (χ2n) is 5.86. The SMILES string of the molecule is CN(C)S(=O)(=O)C1CCCN(C(=O)C2CCCC2)C1. The van der Waals surface area contributed by atoms with E-state index < -0.39 is 15.3 Å². The van der Waals surface area contributed by atoms with E-state index in [-0.39, 0.29) is 11.8 Å². The second-order valence-corrected chi connectivity index (χ2v) is 8.28. The van der Waals surface area contributed by atoms with E-state index in [2.05, 4.69) is 0 Å². The van der Waals surface area contributed by atoms with Crippen molar-refractivity contribution in [3.05, 3.63) is 0 Å². The van der Waals surface area contributed by atoms with E-state index in [4.69, 9.17) is 0 Å². The Kier molecular flexibility index (Phi) is 4.50. The van der Waals surface area contributed by atoms with E-state index in [1.807, 2.05) is 0 Å². The summed E-state index contributed by atoms with van der Waals surface area (Å²) in [7, 11) is -0.125. The molecule has 0 N–H and O–H groups in total. The van der Waals surface area contributed by atoms with Gasteiger partial charge in [0.15, 0.2) is 0 Å². The van der Waals surface area contributed by atoms with Crippen molar-refractivity contribution in [1.82, 2.24) is 9.21 Å². The molecule has 6 heteroatoms. The molecule has 2 fully saturated rings. The summed E-state index contributed by atoms with van der Waals surface area (Å²) in [5.74, 6) is 0.317. The van der Waals surface area contributed by atoms with Gasteiger partial charge in [-0.15, -0.1) is 0 Å². The van der Waals surface area contributed by atoms with Crippen LogP contribution in [-0.2, 0) is 14.8 Å². The fourth-order valence-electron chi connectivity index (χ4n) is 3.11. The maximum atomic E-state index is 12.4. The predicted octanol–water partition coefficient (Wildman–Crippen LogP) is 1.06. The molecule has 19 heavy (non-hydrogen) atoms. The summed E-state index contributed by atoms with van der Waals surface area (Å²) in [6, 6.07) is 0. The first kappa shape index (κ1) is 14.8. The Morgan fingerprint density at radius 1 is 1.11 bits per heavy atom.